The van der Waals surface area contributed by atoms with E-state index in [1.54, 1.807) is 37.4 Å². The van der Waals surface area contributed by atoms with Crippen LogP contribution in [0.3, 0.4) is 0 Å². The molecule has 0 saturated heterocycles. The number of nitrogens with one attached hydrogen (secondary N) is 2. The van der Waals surface area contributed by atoms with Crippen molar-refractivity contribution in [1.82, 2.24) is 14.9 Å². The van der Waals surface area contributed by atoms with Crippen molar-refractivity contribution in [3.8, 4) is 5.75 Å². The van der Waals surface area contributed by atoms with Gasteiger partial charge in [0.15, 0.2) is 0 Å². The largest absolute Gasteiger partial charge is 0.507 e. The van der Waals surface area contributed by atoms with Crippen LogP contribution < -0.4 is 10.9 Å². The summed E-state index contributed by atoms with van der Waals surface area (Å²) < 4.78 is 16.0. The molecule has 1 unspecified atom stereocenters. The summed E-state index contributed by atoms with van der Waals surface area (Å²) in [6, 6.07) is 21.0. The quantitative estimate of drug-likeness (QED) is 0.327. The van der Waals surface area contributed by atoms with E-state index in [0.717, 1.165) is 16.5 Å². The van der Waals surface area contributed by atoms with Gasteiger partial charge in [-0.05, 0) is 47.9 Å². The highest BCUT2D eigenvalue weighted by atomic mass is 19.1. The Morgan fingerprint density at radius 3 is 2.53 bits per heavy atom. The van der Waals surface area contributed by atoms with Crippen molar-refractivity contribution in [2.75, 3.05) is 6.54 Å². The number of aryl methyl sites for hydroxylation is 1. The summed E-state index contributed by atoms with van der Waals surface area (Å²) in [5, 5.41) is 15.8. The molecule has 0 aliphatic heterocycles. The summed E-state index contributed by atoms with van der Waals surface area (Å²) in [5.41, 5.74) is 3.34. The number of aromatic hydroxyl groups is 1. The Morgan fingerprint density at radius 2 is 1.78 bits per heavy atom. The zero-order chi connectivity index (χ0) is 25.4. The van der Waals surface area contributed by atoms with Crippen LogP contribution >= 0.6 is 0 Å². The van der Waals surface area contributed by atoms with Crippen LogP contribution in [0.15, 0.2) is 77.6 Å². The first-order valence-electron chi connectivity index (χ1n) is 11.8. The average Bonchev–Trinajstić information content (AvgIpc) is 3.23. The molecule has 1 atom stereocenters. The third-order valence-corrected chi connectivity index (χ3v) is 6.67. The number of halogens is 1. The predicted molar refractivity (Wildman–Crippen MR) is 139 cm³/mol. The highest BCUT2D eigenvalue weighted by Gasteiger charge is 2.30. The number of pyridine rings is 1. The fourth-order valence-electron chi connectivity index (χ4n) is 5.03. The van der Waals surface area contributed by atoms with Crippen LogP contribution in [0.2, 0.25) is 0 Å². The second-order valence-electron chi connectivity index (χ2n) is 8.93. The fourth-order valence-corrected chi connectivity index (χ4v) is 5.03. The minimum atomic E-state index is -0.774. The van der Waals surface area contributed by atoms with Gasteiger partial charge in [-0.15, -0.1) is 0 Å². The van der Waals surface area contributed by atoms with Crippen molar-refractivity contribution < 1.29 is 14.3 Å². The number of nitrogens with zero attached hydrogens (tertiary/aromatic N) is 1. The van der Waals surface area contributed by atoms with Gasteiger partial charge in [0.1, 0.15) is 11.6 Å². The Bertz CT molecular complexity index is 1670. The molecule has 0 fully saturated rings. The molecule has 0 aliphatic carbocycles. The van der Waals surface area contributed by atoms with E-state index < -0.39 is 11.7 Å². The second-order valence-corrected chi connectivity index (χ2v) is 8.93. The lowest BCUT2D eigenvalue weighted by atomic mass is 9.85. The van der Waals surface area contributed by atoms with Crippen molar-refractivity contribution >= 4 is 27.7 Å². The lowest BCUT2D eigenvalue weighted by Gasteiger charge is -2.22. The summed E-state index contributed by atoms with van der Waals surface area (Å²) in [6.07, 6.45) is 0.486. The molecule has 1 amide bonds. The van der Waals surface area contributed by atoms with Gasteiger partial charge in [-0.3, -0.25) is 9.59 Å². The maximum absolute atomic E-state index is 14.5. The zero-order valence-electron chi connectivity index (χ0n) is 20.0. The van der Waals surface area contributed by atoms with Crippen LogP contribution in [-0.2, 0) is 18.3 Å². The summed E-state index contributed by atoms with van der Waals surface area (Å²) in [5.74, 6) is -1.48. The Balaban J connectivity index is 1.83. The van der Waals surface area contributed by atoms with Gasteiger partial charge >= 0.3 is 0 Å². The van der Waals surface area contributed by atoms with Gasteiger partial charge < -0.3 is 20.0 Å². The average molecular weight is 484 g/mol. The second kappa shape index (κ2) is 9.34. The van der Waals surface area contributed by atoms with Crippen LogP contribution in [0.25, 0.3) is 21.8 Å². The number of carbonyl (C=O) groups is 1. The van der Waals surface area contributed by atoms with Crippen LogP contribution in [-0.4, -0.2) is 27.1 Å². The first-order chi connectivity index (χ1) is 17.4. The zero-order valence-corrected chi connectivity index (χ0v) is 20.0. The molecule has 6 nitrogen and oxygen atoms in total. The van der Waals surface area contributed by atoms with Crippen molar-refractivity contribution in [3.05, 3.63) is 111 Å². The van der Waals surface area contributed by atoms with Crippen molar-refractivity contribution in [2.24, 2.45) is 7.05 Å². The summed E-state index contributed by atoms with van der Waals surface area (Å²) in [7, 11) is 1.67. The molecule has 182 valence electrons. The Labute approximate surface area is 207 Å². The van der Waals surface area contributed by atoms with E-state index in [-0.39, 0.29) is 22.8 Å². The number of para-hydroxylation sites is 2. The Morgan fingerprint density at radius 1 is 1.06 bits per heavy atom. The van der Waals surface area contributed by atoms with E-state index in [0.29, 0.717) is 35.1 Å². The maximum Gasteiger partial charge on any atom is 0.258 e. The fraction of sp³-hybridized carbons (Fsp3) is 0.172. The van der Waals surface area contributed by atoms with Crippen LogP contribution in [0, 0.1) is 5.82 Å². The molecule has 7 heteroatoms. The number of hydrogen-bond acceptors (Lipinski definition) is 3. The molecule has 5 rings (SSSR count). The highest BCUT2D eigenvalue weighted by molar-refractivity contribution is 5.88. The standard InChI is InChI=1S/C29H26FN3O3/c1-17(34)31-15-14-21-20-10-3-5-12-23(20)32-27(21)25(18-8-7-9-19(30)16-18)26-28(35)22-11-4-6-13-24(22)33(2)29(26)36/h3-13,16,25,32,35H,14-15H2,1-2H3,(H,31,34). The molecule has 0 saturated carbocycles. The number of aromatic nitrogens is 2. The van der Waals surface area contributed by atoms with Gasteiger partial charge in [0.25, 0.3) is 5.56 Å². The van der Waals surface area contributed by atoms with Gasteiger partial charge in [-0.2, -0.15) is 0 Å². The number of fused-ring (bicyclic) bond motifs is 2. The minimum absolute atomic E-state index is 0.130. The van der Waals surface area contributed by atoms with E-state index >= 15 is 0 Å². The molecule has 0 spiro atoms. The molecule has 5 aromatic rings. The Hall–Kier alpha value is -4.39. The SMILES string of the molecule is CC(=O)NCCc1c(C(c2cccc(F)c2)c2c(O)c3ccccc3n(C)c2=O)[nH]c2ccccc12. The number of H-pyrrole nitrogens is 1. The molecule has 3 aromatic carbocycles. The van der Waals surface area contributed by atoms with Crippen molar-refractivity contribution in [1.29, 1.82) is 0 Å². The lowest BCUT2D eigenvalue weighted by molar-refractivity contribution is -0.118. The summed E-state index contributed by atoms with van der Waals surface area (Å²) in [4.78, 5) is 28.7. The number of hydrogen-bond donors (Lipinski definition) is 3. The van der Waals surface area contributed by atoms with Crippen LogP contribution in [0.1, 0.15) is 35.2 Å². The first kappa shape index (κ1) is 23.4. The lowest BCUT2D eigenvalue weighted by Crippen LogP contribution is -2.26. The van der Waals surface area contributed by atoms with Crippen molar-refractivity contribution in [3.63, 3.8) is 0 Å². The predicted octanol–water partition coefficient (Wildman–Crippen LogP) is 4.72. The smallest absolute Gasteiger partial charge is 0.258 e. The molecule has 2 aromatic heterocycles. The van der Waals surface area contributed by atoms with Crippen LogP contribution in [0.4, 0.5) is 4.39 Å². The van der Waals surface area contributed by atoms with Gasteiger partial charge in [-0.25, -0.2) is 4.39 Å². The van der Waals surface area contributed by atoms with Gasteiger partial charge in [-0.1, -0.05) is 42.5 Å². The number of carbonyl (C=O) groups excluding carboxylic acids is 1. The van der Waals surface area contributed by atoms with E-state index in [9.17, 15) is 19.1 Å². The maximum atomic E-state index is 14.5. The van der Waals surface area contributed by atoms with Crippen LogP contribution in [0.5, 0.6) is 5.75 Å². The third-order valence-electron chi connectivity index (χ3n) is 6.67. The van der Waals surface area contributed by atoms with Gasteiger partial charge in [0.2, 0.25) is 5.91 Å². The van der Waals surface area contributed by atoms with E-state index in [4.69, 9.17) is 0 Å². The van der Waals surface area contributed by atoms with E-state index in [1.807, 2.05) is 30.3 Å². The number of amides is 1. The van der Waals surface area contributed by atoms with Gasteiger partial charge in [0.05, 0.1) is 17.0 Å². The summed E-state index contributed by atoms with van der Waals surface area (Å²) in [6.45, 7) is 1.85. The molecule has 2 heterocycles. The molecule has 36 heavy (non-hydrogen) atoms. The third kappa shape index (κ3) is 4.02. The molecule has 0 aliphatic rings. The van der Waals surface area contributed by atoms with E-state index in [1.165, 1.54) is 23.6 Å². The minimum Gasteiger partial charge on any atom is -0.507 e. The number of rotatable bonds is 6. The molecule has 0 bridgehead atoms. The number of benzene rings is 3. The number of aromatic amines is 1. The summed E-state index contributed by atoms with van der Waals surface area (Å²) >= 11 is 0. The molecular formula is C29H26FN3O3. The first-order valence-corrected chi connectivity index (χ1v) is 11.8. The highest BCUT2D eigenvalue weighted by Crippen LogP contribution is 2.41. The molecule has 0 radical (unpaired) electrons. The van der Waals surface area contributed by atoms with Crippen molar-refractivity contribution in [2.45, 2.75) is 19.3 Å². The monoisotopic (exact) mass is 483 g/mol. The molecular weight excluding hydrogens is 457 g/mol. The Kier molecular flexibility index (Phi) is 6.06. The van der Waals surface area contributed by atoms with Gasteiger partial charge in [0, 0.05) is 42.5 Å². The normalized spacial score (nSPS) is 12.2. The van der Waals surface area contributed by atoms with E-state index in [2.05, 4.69) is 10.3 Å². The molecule has 3 N–H and O–H groups in total. The topological polar surface area (TPSA) is 87.1 Å².